The molecule has 106 valence electrons. The van der Waals surface area contributed by atoms with Gasteiger partial charge >= 0.3 is 0 Å². The highest BCUT2D eigenvalue weighted by Crippen LogP contribution is 2.30. The van der Waals surface area contributed by atoms with Crippen molar-refractivity contribution >= 4 is 0 Å². The molecule has 4 rings (SSSR count). The molecule has 3 heterocycles. The van der Waals surface area contributed by atoms with Gasteiger partial charge in [0.05, 0.1) is 12.2 Å². The van der Waals surface area contributed by atoms with Gasteiger partial charge in [-0.15, -0.1) is 0 Å². The Bertz CT molecular complexity index is 731. The van der Waals surface area contributed by atoms with Gasteiger partial charge in [-0.25, -0.2) is 4.98 Å². The van der Waals surface area contributed by atoms with Crippen molar-refractivity contribution in [1.82, 2.24) is 25.3 Å². The van der Waals surface area contributed by atoms with E-state index in [4.69, 9.17) is 9.26 Å². The van der Waals surface area contributed by atoms with Crippen molar-refractivity contribution in [2.45, 2.75) is 12.3 Å². The van der Waals surface area contributed by atoms with Crippen LogP contribution in [0.5, 0.6) is 0 Å². The number of nitrogens with zero attached hydrogens (tertiary/aromatic N) is 4. The molecule has 1 atom stereocenters. The zero-order valence-electron chi connectivity index (χ0n) is 11.2. The molecule has 1 fully saturated rings. The number of hydrogen-bond donors (Lipinski definition) is 1. The van der Waals surface area contributed by atoms with Gasteiger partial charge in [-0.3, -0.25) is 5.10 Å². The molecule has 2 aromatic heterocycles. The Kier molecular flexibility index (Phi) is 2.97. The van der Waals surface area contributed by atoms with Crippen LogP contribution < -0.4 is 0 Å². The average molecular weight is 283 g/mol. The van der Waals surface area contributed by atoms with Gasteiger partial charge in [0.25, 0.3) is 5.89 Å². The highest BCUT2D eigenvalue weighted by atomic mass is 16.5. The molecule has 1 aromatic carbocycles. The topological polar surface area (TPSA) is 89.7 Å². The number of aromatic amines is 1. The van der Waals surface area contributed by atoms with E-state index in [0.717, 1.165) is 24.2 Å². The lowest BCUT2D eigenvalue weighted by Crippen LogP contribution is -1.99. The number of aromatic nitrogens is 5. The fourth-order valence-corrected chi connectivity index (χ4v) is 2.46. The summed E-state index contributed by atoms with van der Waals surface area (Å²) in [6, 6.07) is 7.74. The van der Waals surface area contributed by atoms with Crippen LogP contribution in [-0.2, 0) is 4.74 Å². The Morgan fingerprint density at radius 2 is 2.10 bits per heavy atom. The molecular formula is C14H13N5O2. The molecule has 0 spiro atoms. The van der Waals surface area contributed by atoms with E-state index in [1.807, 2.05) is 24.3 Å². The van der Waals surface area contributed by atoms with Crippen molar-refractivity contribution < 1.29 is 9.26 Å². The highest BCUT2D eigenvalue weighted by molar-refractivity contribution is 5.75. The van der Waals surface area contributed by atoms with Crippen LogP contribution in [-0.4, -0.2) is 38.5 Å². The minimum absolute atomic E-state index is 0.222. The van der Waals surface area contributed by atoms with E-state index in [1.165, 1.54) is 6.33 Å². The molecule has 1 N–H and O–H groups in total. The summed E-state index contributed by atoms with van der Waals surface area (Å²) < 4.78 is 10.8. The fourth-order valence-electron chi connectivity index (χ4n) is 2.46. The summed E-state index contributed by atoms with van der Waals surface area (Å²) in [5.41, 5.74) is 1.72. The van der Waals surface area contributed by atoms with Gasteiger partial charge in [-0.2, -0.15) is 10.1 Å². The molecule has 0 aliphatic carbocycles. The molecule has 7 heteroatoms. The number of hydrogen-bond acceptors (Lipinski definition) is 6. The normalized spacial score (nSPS) is 18.2. The van der Waals surface area contributed by atoms with Crippen molar-refractivity contribution in [3.8, 4) is 22.8 Å². The van der Waals surface area contributed by atoms with Gasteiger partial charge in [0.2, 0.25) is 0 Å². The van der Waals surface area contributed by atoms with Crippen LogP contribution in [0.15, 0.2) is 35.1 Å². The standard InChI is InChI=1S/C14H13N5O2/c1-2-4-11(10(3-1)13-15-8-16-18-13)14-17-12(19-21-14)9-5-6-20-7-9/h1-4,8-9H,5-7H2,(H,15,16,18)/t9-/m0/s1. The van der Waals surface area contributed by atoms with E-state index < -0.39 is 0 Å². The monoisotopic (exact) mass is 283 g/mol. The lowest BCUT2D eigenvalue weighted by Gasteiger charge is -2.02. The largest absolute Gasteiger partial charge is 0.381 e. The second-order valence-electron chi connectivity index (χ2n) is 4.90. The van der Waals surface area contributed by atoms with Crippen molar-refractivity contribution in [2.24, 2.45) is 0 Å². The van der Waals surface area contributed by atoms with Gasteiger partial charge in [-0.1, -0.05) is 23.4 Å². The molecule has 7 nitrogen and oxygen atoms in total. The van der Waals surface area contributed by atoms with Crippen LogP contribution in [0.3, 0.4) is 0 Å². The summed E-state index contributed by atoms with van der Waals surface area (Å²) >= 11 is 0. The summed E-state index contributed by atoms with van der Waals surface area (Å²) in [5, 5.41) is 10.8. The molecule has 0 radical (unpaired) electrons. The summed E-state index contributed by atoms with van der Waals surface area (Å²) in [6.45, 7) is 1.41. The van der Waals surface area contributed by atoms with E-state index in [9.17, 15) is 0 Å². The predicted molar refractivity (Wildman–Crippen MR) is 73.3 cm³/mol. The third-order valence-electron chi connectivity index (χ3n) is 3.56. The number of H-pyrrole nitrogens is 1. The van der Waals surface area contributed by atoms with Crippen LogP contribution in [0.1, 0.15) is 18.2 Å². The molecule has 1 saturated heterocycles. The van der Waals surface area contributed by atoms with Crippen LogP contribution in [0.2, 0.25) is 0 Å². The summed E-state index contributed by atoms with van der Waals surface area (Å²) in [5.74, 6) is 2.09. The van der Waals surface area contributed by atoms with Gasteiger partial charge in [0.1, 0.15) is 6.33 Å². The summed E-state index contributed by atoms with van der Waals surface area (Å²) in [6.07, 6.45) is 2.41. The molecule has 1 aliphatic rings. The lowest BCUT2D eigenvalue weighted by atomic mass is 10.1. The molecule has 0 bridgehead atoms. The first-order chi connectivity index (χ1) is 10.4. The quantitative estimate of drug-likeness (QED) is 0.791. The van der Waals surface area contributed by atoms with E-state index in [1.54, 1.807) is 0 Å². The number of nitrogens with one attached hydrogen (secondary N) is 1. The maximum atomic E-state index is 5.42. The van der Waals surface area contributed by atoms with Crippen molar-refractivity contribution in [3.05, 3.63) is 36.4 Å². The minimum atomic E-state index is 0.222. The minimum Gasteiger partial charge on any atom is -0.381 e. The van der Waals surface area contributed by atoms with E-state index in [0.29, 0.717) is 24.1 Å². The predicted octanol–water partition coefficient (Wildman–Crippen LogP) is 2.03. The van der Waals surface area contributed by atoms with Crippen molar-refractivity contribution in [1.29, 1.82) is 0 Å². The molecule has 1 aliphatic heterocycles. The van der Waals surface area contributed by atoms with E-state index >= 15 is 0 Å². The highest BCUT2D eigenvalue weighted by Gasteiger charge is 2.24. The second-order valence-corrected chi connectivity index (χ2v) is 4.90. The van der Waals surface area contributed by atoms with Gasteiger partial charge < -0.3 is 9.26 Å². The van der Waals surface area contributed by atoms with Gasteiger partial charge in [-0.05, 0) is 12.5 Å². The first kappa shape index (κ1) is 12.2. The van der Waals surface area contributed by atoms with Crippen LogP contribution in [0, 0.1) is 0 Å². The molecule has 0 saturated carbocycles. The first-order valence-electron chi connectivity index (χ1n) is 6.78. The zero-order valence-corrected chi connectivity index (χ0v) is 11.2. The Balaban J connectivity index is 1.74. The van der Waals surface area contributed by atoms with Crippen molar-refractivity contribution in [2.75, 3.05) is 13.2 Å². The Morgan fingerprint density at radius 1 is 1.19 bits per heavy atom. The zero-order chi connectivity index (χ0) is 14.1. The summed E-state index contributed by atoms with van der Waals surface area (Å²) in [4.78, 5) is 8.69. The third-order valence-corrected chi connectivity index (χ3v) is 3.56. The van der Waals surface area contributed by atoms with Crippen LogP contribution in [0.25, 0.3) is 22.8 Å². The maximum absolute atomic E-state index is 5.42. The maximum Gasteiger partial charge on any atom is 0.258 e. The van der Waals surface area contributed by atoms with Gasteiger partial charge in [0.15, 0.2) is 11.6 Å². The van der Waals surface area contributed by atoms with Gasteiger partial charge in [0, 0.05) is 18.1 Å². The Morgan fingerprint density at radius 3 is 2.86 bits per heavy atom. The molecular weight excluding hydrogens is 270 g/mol. The third kappa shape index (κ3) is 2.21. The van der Waals surface area contributed by atoms with E-state index in [2.05, 4.69) is 25.3 Å². The number of rotatable bonds is 3. The second kappa shape index (κ2) is 5.10. The van der Waals surface area contributed by atoms with Crippen LogP contribution in [0.4, 0.5) is 0 Å². The average Bonchev–Trinajstić information content (AvgIpc) is 3.27. The summed E-state index contributed by atoms with van der Waals surface area (Å²) in [7, 11) is 0. The molecule has 0 amide bonds. The van der Waals surface area contributed by atoms with Crippen LogP contribution >= 0.6 is 0 Å². The lowest BCUT2D eigenvalue weighted by molar-refractivity contribution is 0.192. The first-order valence-corrected chi connectivity index (χ1v) is 6.78. The van der Waals surface area contributed by atoms with E-state index in [-0.39, 0.29) is 5.92 Å². The smallest absolute Gasteiger partial charge is 0.258 e. The fraction of sp³-hybridized carbons (Fsp3) is 0.286. The number of ether oxygens (including phenoxy) is 1. The Hall–Kier alpha value is -2.54. The SMILES string of the molecule is c1ccc(-c2nc([C@H]3CCOC3)no2)c(-c2ncn[nH]2)c1. The Labute approximate surface area is 120 Å². The molecule has 3 aromatic rings. The molecule has 21 heavy (non-hydrogen) atoms. The molecule has 0 unspecified atom stereocenters. The number of benzene rings is 1. The van der Waals surface area contributed by atoms with Crippen molar-refractivity contribution in [3.63, 3.8) is 0 Å².